The number of nitrogens with one attached hydrogen (secondary N) is 1. The standard InChI is InChI=1S/C20H24N2O3S/c1-13-4-6-14(7-5-13)19-18(23)20(24)22(11-10-21-2)16-9-8-15(25-3)12-17(16)26-19/h4-9,12,18-19,21,23H,10-11H2,1-3H3. The first-order valence-electron chi connectivity index (χ1n) is 8.60. The lowest BCUT2D eigenvalue weighted by Gasteiger charge is -2.25. The Morgan fingerprint density at radius 1 is 1.23 bits per heavy atom. The van der Waals surface area contributed by atoms with E-state index in [4.69, 9.17) is 4.74 Å². The molecule has 0 fully saturated rings. The van der Waals surface area contributed by atoms with Crippen LogP contribution >= 0.6 is 11.8 Å². The Hall–Kier alpha value is -2.02. The predicted octanol–water partition coefficient (Wildman–Crippen LogP) is 2.76. The van der Waals surface area contributed by atoms with Gasteiger partial charge >= 0.3 is 0 Å². The minimum Gasteiger partial charge on any atom is -0.497 e. The molecule has 2 N–H and O–H groups in total. The quantitative estimate of drug-likeness (QED) is 0.845. The molecule has 1 amide bonds. The van der Waals surface area contributed by atoms with Crippen LogP contribution in [0.5, 0.6) is 5.75 Å². The number of likely N-dealkylation sites (N-methyl/N-ethyl adjacent to an activating group) is 1. The third kappa shape index (κ3) is 3.72. The van der Waals surface area contributed by atoms with Crippen LogP contribution in [0.3, 0.4) is 0 Å². The molecule has 2 atom stereocenters. The zero-order valence-electron chi connectivity index (χ0n) is 15.2. The highest BCUT2D eigenvalue weighted by Crippen LogP contribution is 2.46. The van der Waals surface area contributed by atoms with Crippen LogP contribution in [0.15, 0.2) is 47.4 Å². The topological polar surface area (TPSA) is 61.8 Å². The van der Waals surface area contributed by atoms with Gasteiger partial charge in [0.1, 0.15) is 11.9 Å². The summed E-state index contributed by atoms with van der Waals surface area (Å²) in [5.74, 6) is 0.457. The maximum atomic E-state index is 13.0. The van der Waals surface area contributed by atoms with Crippen LogP contribution in [0, 0.1) is 6.92 Å². The van der Waals surface area contributed by atoms with Gasteiger partial charge in [0.2, 0.25) is 0 Å². The van der Waals surface area contributed by atoms with Crippen LogP contribution in [0.2, 0.25) is 0 Å². The minimum atomic E-state index is -1.11. The van der Waals surface area contributed by atoms with E-state index < -0.39 is 6.10 Å². The second-order valence-electron chi connectivity index (χ2n) is 6.32. The molecule has 0 saturated heterocycles. The summed E-state index contributed by atoms with van der Waals surface area (Å²) in [6, 6.07) is 13.6. The van der Waals surface area contributed by atoms with Crippen molar-refractivity contribution in [2.75, 3.05) is 32.1 Å². The smallest absolute Gasteiger partial charge is 0.257 e. The number of hydrogen-bond donors (Lipinski definition) is 2. The number of carbonyl (C=O) groups excluding carboxylic acids is 1. The lowest BCUT2D eigenvalue weighted by molar-refractivity contribution is -0.126. The van der Waals surface area contributed by atoms with E-state index in [9.17, 15) is 9.90 Å². The molecular weight excluding hydrogens is 348 g/mol. The van der Waals surface area contributed by atoms with Crippen molar-refractivity contribution in [2.24, 2.45) is 0 Å². The molecule has 6 heteroatoms. The van der Waals surface area contributed by atoms with Gasteiger partial charge in [-0.2, -0.15) is 0 Å². The summed E-state index contributed by atoms with van der Waals surface area (Å²) in [6.45, 7) is 3.15. The minimum absolute atomic E-state index is 0.276. The maximum Gasteiger partial charge on any atom is 0.257 e. The van der Waals surface area contributed by atoms with Gasteiger partial charge in [0.15, 0.2) is 0 Å². The Morgan fingerprint density at radius 2 is 1.96 bits per heavy atom. The number of methoxy groups -OCH3 is 1. The summed E-state index contributed by atoms with van der Waals surface area (Å²) >= 11 is 1.50. The van der Waals surface area contributed by atoms with Gasteiger partial charge in [-0.25, -0.2) is 0 Å². The lowest BCUT2D eigenvalue weighted by Crippen LogP contribution is -2.43. The van der Waals surface area contributed by atoms with Gasteiger partial charge in [-0.3, -0.25) is 4.79 Å². The Balaban J connectivity index is 2.05. The van der Waals surface area contributed by atoms with Crippen LogP contribution < -0.4 is 15.0 Å². The van der Waals surface area contributed by atoms with Crippen molar-refractivity contribution in [3.05, 3.63) is 53.6 Å². The molecule has 1 aliphatic rings. The number of ether oxygens (including phenoxy) is 1. The fraction of sp³-hybridized carbons (Fsp3) is 0.350. The number of anilines is 1. The van der Waals surface area contributed by atoms with Crippen molar-refractivity contribution < 1.29 is 14.6 Å². The van der Waals surface area contributed by atoms with Crippen molar-refractivity contribution in [2.45, 2.75) is 23.2 Å². The first kappa shape index (κ1) is 18.8. The molecule has 0 aliphatic carbocycles. The summed E-state index contributed by atoms with van der Waals surface area (Å²) < 4.78 is 5.36. The summed E-state index contributed by atoms with van der Waals surface area (Å²) in [6.07, 6.45) is -1.11. The molecule has 5 nitrogen and oxygen atoms in total. The van der Waals surface area contributed by atoms with Gasteiger partial charge in [-0.05, 0) is 37.7 Å². The van der Waals surface area contributed by atoms with Crippen LogP contribution in [0.4, 0.5) is 5.69 Å². The molecule has 138 valence electrons. The molecule has 2 unspecified atom stereocenters. The van der Waals surface area contributed by atoms with E-state index in [-0.39, 0.29) is 11.2 Å². The second-order valence-corrected chi connectivity index (χ2v) is 7.50. The van der Waals surface area contributed by atoms with E-state index in [2.05, 4.69) is 5.32 Å². The number of aryl methyl sites for hydroxylation is 1. The molecule has 2 aromatic carbocycles. The zero-order chi connectivity index (χ0) is 18.7. The van der Waals surface area contributed by atoms with Crippen molar-refractivity contribution in [1.29, 1.82) is 0 Å². The predicted molar refractivity (Wildman–Crippen MR) is 105 cm³/mol. The monoisotopic (exact) mass is 372 g/mol. The van der Waals surface area contributed by atoms with Crippen molar-refractivity contribution in [3.8, 4) is 5.75 Å². The van der Waals surface area contributed by atoms with E-state index in [1.54, 1.807) is 12.0 Å². The summed E-state index contributed by atoms with van der Waals surface area (Å²) in [5, 5.41) is 13.5. The lowest BCUT2D eigenvalue weighted by atomic mass is 10.0. The van der Waals surface area contributed by atoms with Gasteiger partial charge in [0.05, 0.1) is 18.0 Å². The van der Waals surface area contributed by atoms with E-state index in [1.807, 2.05) is 56.4 Å². The number of thioether (sulfide) groups is 1. The largest absolute Gasteiger partial charge is 0.497 e. The van der Waals surface area contributed by atoms with Gasteiger partial charge in [0.25, 0.3) is 5.91 Å². The number of rotatable bonds is 5. The fourth-order valence-electron chi connectivity index (χ4n) is 3.01. The van der Waals surface area contributed by atoms with Crippen molar-refractivity contribution in [3.63, 3.8) is 0 Å². The van der Waals surface area contributed by atoms with E-state index in [0.29, 0.717) is 13.1 Å². The number of hydrogen-bond acceptors (Lipinski definition) is 5. The molecule has 1 heterocycles. The molecule has 3 rings (SSSR count). The Morgan fingerprint density at radius 3 is 2.62 bits per heavy atom. The van der Waals surface area contributed by atoms with Gasteiger partial charge in [-0.15, -0.1) is 11.8 Å². The number of benzene rings is 2. The van der Waals surface area contributed by atoms with Crippen molar-refractivity contribution in [1.82, 2.24) is 5.32 Å². The third-order valence-electron chi connectivity index (χ3n) is 4.51. The van der Waals surface area contributed by atoms with Gasteiger partial charge in [-0.1, -0.05) is 29.8 Å². The number of amides is 1. The average molecular weight is 372 g/mol. The molecule has 0 radical (unpaired) electrons. The molecule has 2 aromatic rings. The average Bonchev–Trinajstić information content (AvgIpc) is 2.76. The number of aliphatic hydroxyl groups is 1. The highest BCUT2D eigenvalue weighted by molar-refractivity contribution is 7.99. The highest BCUT2D eigenvalue weighted by atomic mass is 32.2. The number of carbonyl (C=O) groups is 1. The Labute approximate surface area is 158 Å². The fourth-order valence-corrected chi connectivity index (χ4v) is 4.30. The summed E-state index contributed by atoms with van der Waals surface area (Å²) in [4.78, 5) is 15.6. The number of fused-ring (bicyclic) bond motifs is 1. The second kappa shape index (κ2) is 8.12. The first-order chi connectivity index (χ1) is 12.5. The summed E-state index contributed by atoms with van der Waals surface area (Å²) in [5.41, 5.74) is 2.89. The third-order valence-corrected chi connectivity index (χ3v) is 5.87. The highest BCUT2D eigenvalue weighted by Gasteiger charge is 2.37. The maximum absolute atomic E-state index is 13.0. The molecule has 0 saturated carbocycles. The molecule has 0 bridgehead atoms. The SMILES string of the molecule is CNCCN1C(=O)C(O)C(c2ccc(C)cc2)Sc2cc(OC)ccc21. The van der Waals surface area contributed by atoms with Crippen LogP contribution in [0.1, 0.15) is 16.4 Å². The molecule has 0 spiro atoms. The number of nitrogens with zero attached hydrogens (tertiary/aromatic N) is 1. The van der Waals surface area contributed by atoms with Gasteiger partial charge < -0.3 is 20.1 Å². The summed E-state index contributed by atoms with van der Waals surface area (Å²) in [7, 11) is 3.47. The normalized spacial score (nSPS) is 19.8. The molecule has 26 heavy (non-hydrogen) atoms. The zero-order valence-corrected chi connectivity index (χ0v) is 16.0. The van der Waals surface area contributed by atoms with Crippen LogP contribution in [-0.2, 0) is 4.79 Å². The molecule has 1 aliphatic heterocycles. The Kier molecular flexibility index (Phi) is 5.86. The molecular formula is C20H24N2O3S. The van der Waals surface area contributed by atoms with E-state index >= 15 is 0 Å². The number of aliphatic hydroxyl groups excluding tert-OH is 1. The van der Waals surface area contributed by atoms with Crippen LogP contribution in [0.25, 0.3) is 0 Å². The molecule has 0 aromatic heterocycles. The van der Waals surface area contributed by atoms with Gasteiger partial charge in [0, 0.05) is 18.0 Å². The van der Waals surface area contributed by atoms with Crippen molar-refractivity contribution >= 4 is 23.4 Å². The van der Waals surface area contributed by atoms with E-state index in [0.717, 1.165) is 27.5 Å². The first-order valence-corrected chi connectivity index (χ1v) is 9.48. The van der Waals surface area contributed by atoms with E-state index in [1.165, 1.54) is 11.8 Å². The van der Waals surface area contributed by atoms with Crippen LogP contribution in [-0.4, -0.2) is 44.4 Å². The Bertz CT molecular complexity index is 779.